The zero-order valence-corrected chi connectivity index (χ0v) is 11.3. The summed E-state index contributed by atoms with van der Waals surface area (Å²) in [5, 5.41) is 0. The van der Waals surface area contributed by atoms with Gasteiger partial charge >= 0.3 is 0 Å². The Bertz CT molecular complexity index is 392. The van der Waals surface area contributed by atoms with E-state index in [2.05, 4.69) is 47.6 Å². The van der Waals surface area contributed by atoms with Crippen LogP contribution in [0.15, 0.2) is 12.1 Å². The molecule has 0 aliphatic heterocycles. The van der Waals surface area contributed by atoms with Crippen LogP contribution < -0.4 is 11.5 Å². The minimum atomic E-state index is 0.0159. The van der Waals surface area contributed by atoms with Gasteiger partial charge in [0, 0.05) is 0 Å². The molecule has 0 spiro atoms. The van der Waals surface area contributed by atoms with Gasteiger partial charge in [0.2, 0.25) is 0 Å². The molecule has 0 aromatic heterocycles. The van der Waals surface area contributed by atoms with Crippen LogP contribution in [0.3, 0.4) is 0 Å². The molecule has 1 rings (SSSR count). The van der Waals surface area contributed by atoms with E-state index in [9.17, 15) is 0 Å². The number of anilines is 2. The molecule has 0 aliphatic carbocycles. The second kappa shape index (κ2) is 3.69. The van der Waals surface area contributed by atoms with Crippen LogP contribution in [-0.4, -0.2) is 0 Å². The zero-order valence-electron chi connectivity index (χ0n) is 11.3. The maximum absolute atomic E-state index is 6.14. The van der Waals surface area contributed by atoms with Crippen molar-refractivity contribution in [2.45, 2.75) is 52.4 Å². The van der Waals surface area contributed by atoms with Crippen LogP contribution in [0.25, 0.3) is 0 Å². The molecule has 2 heteroatoms. The van der Waals surface area contributed by atoms with Gasteiger partial charge in [-0.15, -0.1) is 0 Å². The standard InChI is InChI=1S/C14H24N2/c1-13(2,3)9-7-8-10(15)12(16)11(9)14(4,5)6/h7-8H,15-16H2,1-6H3. The van der Waals surface area contributed by atoms with Crippen molar-refractivity contribution in [1.29, 1.82) is 0 Å². The SMILES string of the molecule is CC(C)(C)c1ccc(N)c(N)c1C(C)(C)C. The monoisotopic (exact) mass is 220 g/mol. The number of nitrogens with two attached hydrogens (primary N) is 2. The smallest absolute Gasteiger partial charge is 0.0588 e. The molecule has 1 aromatic rings. The molecule has 4 N–H and O–H groups in total. The largest absolute Gasteiger partial charge is 0.397 e. The van der Waals surface area contributed by atoms with Gasteiger partial charge in [0.1, 0.15) is 0 Å². The van der Waals surface area contributed by atoms with E-state index in [1.54, 1.807) is 0 Å². The summed E-state index contributed by atoms with van der Waals surface area (Å²) in [5.41, 5.74) is 16.0. The van der Waals surface area contributed by atoms with Gasteiger partial charge in [-0.25, -0.2) is 0 Å². The molecule has 0 amide bonds. The summed E-state index contributed by atoms with van der Waals surface area (Å²) >= 11 is 0. The van der Waals surface area contributed by atoms with Gasteiger partial charge in [0.25, 0.3) is 0 Å². The molecule has 0 unspecified atom stereocenters. The molecule has 0 saturated carbocycles. The van der Waals surface area contributed by atoms with Gasteiger partial charge < -0.3 is 11.5 Å². The van der Waals surface area contributed by atoms with E-state index >= 15 is 0 Å². The van der Waals surface area contributed by atoms with Crippen molar-refractivity contribution in [3.05, 3.63) is 23.3 Å². The van der Waals surface area contributed by atoms with Crippen molar-refractivity contribution < 1.29 is 0 Å². The van der Waals surface area contributed by atoms with Crippen molar-refractivity contribution in [3.63, 3.8) is 0 Å². The Hall–Kier alpha value is -1.18. The molecule has 0 aliphatic rings. The van der Waals surface area contributed by atoms with Gasteiger partial charge in [0.05, 0.1) is 11.4 Å². The molecule has 0 heterocycles. The van der Waals surface area contributed by atoms with Crippen LogP contribution in [0.4, 0.5) is 11.4 Å². The predicted octanol–water partition coefficient (Wildman–Crippen LogP) is 3.45. The fourth-order valence-electron chi connectivity index (χ4n) is 2.07. The topological polar surface area (TPSA) is 52.0 Å². The maximum atomic E-state index is 6.14. The Kier molecular flexibility index (Phi) is 2.97. The third-order valence-corrected chi connectivity index (χ3v) is 2.84. The van der Waals surface area contributed by atoms with Crippen LogP contribution in [0, 0.1) is 0 Å². The van der Waals surface area contributed by atoms with E-state index in [4.69, 9.17) is 11.5 Å². The molecule has 2 nitrogen and oxygen atoms in total. The van der Waals surface area contributed by atoms with Crippen molar-refractivity contribution in [3.8, 4) is 0 Å². The molecule has 0 saturated heterocycles. The van der Waals surface area contributed by atoms with Gasteiger partial charge in [-0.2, -0.15) is 0 Å². The summed E-state index contributed by atoms with van der Waals surface area (Å²) in [7, 11) is 0. The molecule has 90 valence electrons. The molecule has 16 heavy (non-hydrogen) atoms. The Morgan fingerprint density at radius 3 is 1.69 bits per heavy atom. The summed E-state index contributed by atoms with van der Waals surface area (Å²) in [6, 6.07) is 4.01. The van der Waals surface area contributed by atoms with E-state index in [0.717, 1.165) is 5.69 Å². The van der Waals surface area contributed by atoms with Crippen LogP contribution in [0.2, 0.25) is 0 Å². The Balaban J connectivity index is 3.59. The second-order valence-electron chi connectivity index (χ2n) is 6.49. The Labute approximate surface area is 99.0 Å². The fourth-order valence-corrected chi connectivity index (χ4v) is 2.07. The third kappa shape index (κ3) is 2.31. The first-order valence-corrected chi connectivity index (χ1v) is 5.74. The van der Waals surface area contributed by atoms with E-state index in [-0.39, 0.29) is 10.8 Å². The molecule has 1 aromatic carbocycles. The van der Waals surface area contributed by atoms with Gasteiger partial charge in [-0.3, -0.25) is 0 Å². The molecular weight excluding hydrogens is 196 g/mol. The minimum Gasteiger partial charge on any atom is -0.397 e. The number of hydrogen-bond donors (Lipinski definition) is 2. The number of benzene rings is 1. The van der Waals surface area contributed by atoms with E-state index < -0.39 is 0 Å². The lowest BCUT2D eigenvalue weighted by atomic mass is 9.74. The van der Waals surface area contributed by atoms with Crippen molar-refractivity contribution >= 4 is 11.4 Å². The quantitative estimate of drug-likeness (QED) is 0.658. The highest BCUT2D eigenvalue weighted by Gasteiger charge is 2.27. The van der Waals surface area contributed by atoms with Gasteiger partial charge in [0.15, 0.2) is 0 Å². The minimum absolute atomic E-state index is 0.0159. The average molecular weight is 220 g/mol. The van der Waals surface area contributed by atoms with E-state index in [1.807, 2.05) is 6.07 Å². The molecule has 0 bridgehead atoms. The lowest BCUT2D eigenvalue weighted by molar-refractivity contribution is 0.532. The second-order valence-corrected chi connectivity index (χ2v) is 6.49. The van der Waals surface area contributed by atoms with Crippen LogP contribution in [-0.2, 0) is 10.8 Å². The lowest BCUT2D eigenvalue weighted by Gasteiger charge is -2.31. The highest BCUT2D eigenvalue weighted by Crippen LogP contribution is 2.39. The summed E-state index contributed by atoms with van der Waals surface area (Å²) in [5.74, 6) is 0. The number of rotatable bonds is 0. The Morgan fingerprint density at radius 2 is 1.31 bits per heavy atom. The zero-order chi connectivity index (χ0) is 12.7. The van der Waals surface area contributed by atoms with Crippen molar-refractivity contribution in [2.75, 3.05) is 11.5 Å². The molecule has 0 fully saturated rings. The molecular formula is C14H24N2. The first-order chi connectivity index (χ1) is 7.05. The van der Waals surface area contributed by atoms with Crippen LogP contribution in [0.5, 0.6) is 0 Å². The highest BCUT2D eigenvalue weighted by molar-refractivity contribution is 5.71. The van der Waals surface area contributed by atoms with Crippen LogP contribution >= 0.6 is 0 Å². The maximum Gasteiger partial charge on any atom is 0.0588 e. The molecule has 0 radical (unpaired) electrons. The number of nitrogen functional groups attached to an aromatic ring is 2. The Morgan fingerprint density at radius 1 is 0.812 bits per heavy atom. The van der Waals surface area contributed by atoms with Gasteiger partial charge in [-0.1, -0.05) is 47.6 Å². The summed E-state index contributed by atoms with van der Waals surface area (Å²) in [6.45, 7) is 13.1. The first kappa shape index (κ1) is 12.9. The number of hydrogen-bond acceptors (Lipinski definition) is 2. The van der Waals surface area contributed by atoms with Gasteiger partial charge in [-0.05, 0) is 28.0 Å². The summed E-state index contributed by atoms with van der Waals surface area (Å²) in [4.78, 5) is 0. The molecule has 0 atom stereocenters. The van der Waals surface area contributed by atoms with Crippen molar-refractivity contribution in [1.82, 2.24) is 0 Å². The first-order valence-electron chi connectivity index (χ1n) is 5.74. The predicted molar refractivity (Wildman–Crippen MR) is 72.7 cm³/mol. The fraction of sp³-hybridized carbons (Fsp3) is 0.571. The summed E-state index contributed by atoms with van der Waals surface area (Å²) < 4.78 is 0. The van der Waals surface area contributed by atoms with Crippen molar-refractivity contribution in [2.24, 2.45) is 0 Å². The lowest BCUT2D eigenvalue weighted by Crippen LogP contribution is -2.24. The van der Waals surface area contributed by atoms with E-state index in [0.29, 0.717) is 5.69 Å². The van der Waals surface area contributed by atoms with Crippen LogP contribution in [0.1, 0.15) is 52.7 Å². The third-order valence-electron chi connectivity index (χ3n) is 2.84. The normalized spacial score (nSPS) is 12.9. The van der Waals surface area contributed by atoms with E-state index in [1.165, 1.54) is 11.1 Å². The summed E-state index contributed by atoms with van der Waals surface area (Å²) in [6.07, 6.45) is 0. The highest BCUT2D eigenvalue weighted by atomic mass is 14.7. The average Bonchev–Trinajstić information content (AvgIpc) is 2.05.